The minimum Gasteiger partial charge on any atom is -0.457 e. The van der Waals surface area contributed by atoms with Gasteiger partial charge in [-0.2, -0.15) is 15.5 Å². The van der Waals surface area contributed by atoms with E-state index in [-0.39, 0.29) is 23.3 Å². The molecule has 1 aliphatic carbocycles. The summed E-state index contributed by atoms with van der Waals surface area (Å²) in [6.45, 7) is 4.79. The van der Waals surface area contributed by atoms with Crippen molar-refractivity contribution >= 4 is 22.6 Å². The molecule has 2 aromatic heterocycles. The number of fused-ring (bicyclic) bond motifs is 1. The number of nitrogens with one attached hydrogen (secondary N) is 1. The Labute approximate surface area is 238 Å². The molecule has 0 spiro atoms. The first-order chi connectivity index (χ1) is 19.9. The maximum absolute atomic E-state index is 12.9. The molecule has 210 valence electrons. The van der Waals surface area contributed by atoms with Crippen LogP contribution < -0.4 is 16.0 Å². The Hall–Kier alpha value is -4.91. The van der Waals surface area contributed by atoms with Gasteiger partial charge in [-0.1, -0.05) is 44.0 Å². The number of hydrogen-bond acceptors (Lipinski definition) is 7. The Balaban J connectivity index is 0.000000777. The van der Waals surface area contributed by atoms with Gasteiger partial charge in [0.2, 0.25) is 0 Å². The molecule has 1 amide bonds. The number of piperidine rings is 1. The van der Waals surface area contributed by atoms with Gasteiger partial charge in [-0.05, 0) is 62.1 Å². The van der Waals surface area contributed by atoms with Crippen molar-refractivity contribution in [2.24, 2.45) is 5.92 Å². The van der Waals surface area contributed by atoms with E-state index in [9.17, 15) is 14.9 Å². The van der Waals surface area contributed by atoms with Gasteiger partial charge in [0, 0.05) is 18.7 Å². The number of nitrogens with zero attached hydrogens (tertiary/aromatic N) is 5. The molecule has 4 aromatic rings. The van der Waals surface area contributed by atoms with Crippen molar-refractivity contribution in [2.45, 2.75) is 45.6 Å². The zero-order valence-corrected chi connectivity index (χ0v) is 23.2. The molecule has 0 unspecified atom stereocenters. The summed E-state index contributed by atoms with van der Waals surface area (Å²) in [5.41, 5.74) is 7.47. The predicted octanol–water partition coefficient (Wildman–Crippen LogP) is 5.21. The van der Waals surface area contributed by atoms with Gasteiger partial charge in [0.1, 0.15) is 34.4 Å². The molecule has 10 heteroatoms. The van der Waals surface area contributed by atoms with Crippen LogP contribution in [0.2, 0.25) is 0 Å². The summed E-state index contributed by atoms with van der Waals surface area (Å²) >= 11 is 0. The van der Waals surface area contributed by atoms with Crippen molar-refractivity contribution in [3.63, 3.8) is 0 Å². The van der Waals surface area contributed by atoms with Crippen molar-refractivity contribution in [2.75, 3.05) is 18.8 Å². The number of H-pyrrole nitrogens is 1. The van der Waals surface area contributed by atoms with E-state index in [1.54, 1.807) is 16.5 Å². The maximum Gasteiger partial charge on any atom is 0.290 e. The number of nitrogens with two attached hydrogens (primary N) is 1. The van der Waals surface area contributed by atoms with Crippen LogP contribution in [0.5, 0.6) is 11.5 Å². The Kier molecular flexibility index (Phi) is 8.15. The lowest BCUT2D eigenvalue weighted by Crippen LogP contribution is -2.41. The summed E-state index contributed by atoms with van der Waals surface area (Å²) in [6.07, 6.45) is 5.90. The third kappa shape index (κ3) is 6.14. The van der Waals surface area contributed by atoms with Crippen LogP contribution in [0.15, 0.2) is 71.0 Å². The number of amides is 1. The molecule has 10 nitrogen and oxygen atoms in total. The van der Waals surface area contributed by atoms with Gasteiger partial charge in [-0.15, -0.1) is 0 Å². The Morgan fingerprint density at radius 2 is 1.80 bits per heavy atom. The summed E-state index contributed by atoms with van der Waals surface area (Å²) in [5, 5.41) is 21.0. The third-order valence-corrected chi connectivity index (χ3v) is 7.30. The van der Waals surface area contributed by atoms with Crippen LogP contribution in [0.4, 0.5) is 5.82 Å². The van der Waals surface area contributed by atoms with Gasteiger partial charge in [-0.25, -0.2) is 5.10 Å². The van der Waals surface area contributed by atoms with E-state index in [2.05, 4.69) is 17.1 Å². The van der Waals surface area contributed by atoms with Crippen LogP contribution in [0.3, 0.4) is 0 Å². The monoisotopic (exact) mass is 551 g/mol. The van der Waals surface area contributed by atoms with Crippen molar-refractivity contribution in [1.82, 2.24) is 24.9 Å². The lowest BCUT2D eigenvalue weighted by Gasteiger charge is -2.32. The number of para-hydroxylation sites is 1. The molecule has 2 aliphatic rings. The summed E-state index contributed by atoms with van der Waals surface area (Å²) in [7, 11) is 0. The number of carbonyl (C=O) groups is 1. The number of nitrogen functional groups attached to an aromatic ring is 1. The molecule has 3 N–H and O–H groups in total. The van der Waals surface area contributed by atoms with Crippen LogP contribution in [0.25, 0.3) is 22.2 Å². The van der Waals surface area contributed by atoms with E-state index in [0.717, 1.165) is 17.2 Å². The third-order valence-electron chi connectivity index (χ3n) is 7.30. The number of anilines is 1. The average Bonchev–Trinajstić information content (AvgIpc) is 3.68. The minimum absolute atomic E-state index is 0.0933. The molecule has 2 fully saturated rings. The van der Waals surface area contributed by atoms with Crippen molar-refractivity contribution in [3.05, 3.63) is 76.6 Å². The number of allylic oxidation sites excluding steroid dienone is 1. The molecule has 1 saturated heterocycles. The number of likely N-dealkylation sites (tertiary alicyclic amines) is 1. The summed E-state index contributed by atoms with van der Waals surface area (Å²) in [6, 6.07) is 18.5. The predicted molar refractivity (Wildman–Crippen MR) is 157 cm³/mol. The number of nitriles is 1. The Bertz CT molecular complexity index is 1660. The zero-order valence-electron chi connectivity index (χ0n) is 23.2. The smallest absolute Gasteiger partial charge is 0.290 e. The maximum atomic E-state index is 12.9. The number of aromatic amines is 1. The molecule has 1 aliphatic heterocycles. The second kappa shape index (κ2) is 12.1. The highest BCUT2D eigenvalue weighted by molar-refractivity contribution is 6.00. The fourth-order valence-electron chi connectivity index (χ4n) is 4.80. The summed E-state index contributed by atoms with van der Waals surface area (Å²) in [4.78, 5) is 27.4. The molecule has 3 heterocycles. The molecular formula is C31H33N7O3. The highest BCUT2D eigenvalue weighted by Gasteiger charge is 2.30. The summed E-state index contributed by atoms with van der Waals surface area (Å²) in [5.74, 6) is 2.29. The highest BCUT2D eigenvalue weighted by atomic mass is 16.5. The molecule has 41 heavy (non-hydrogen) atoms. The van der Waals surface area contributed by atoms with Crippen LogP contribution >= 0.6 is 0 Å². The first-order valence-corrected chi connectivity index (χ1v) is 13.8. The topological polar surface area (TPSA) is 143 Å². The number of ether oxygens (including phenoxy) is 1. The minimum atomic E-state index is -0.415. The number of carbonyl (C=O) groups excluding carboxylic acids is 1. The van der Waals surface area contributed by atoms with E-state index in [1.165, 1.54) is 18.9 Å². The zero-order chi connectivity index (χ0) is 28.9. The second-order valence-electron chi connectivity index (χ2n) is 10.4. The highest BCUT2D eigenvalue weighted by Crippen LogP contribution is 2.34. The fourth-order valence-corrected chi connectivity index (χ4v) is 4.80. The average molecular weight is 552 g/mol. The van der Waals surface area contributed by atoms with Crippen molar-refractivity contribution in [1.29, 1.82) is 5.26 Å². The molecule has 0 bridgehead atoms. The number of rotatable bonds is 5. The van der Waals surface area contributed by atoms with Gasteiger partial charge >= 0.3 is 0 Å². The lowest BCUT2D eigenvalue weighted by molar-refractivity contribution is -0.128. The molecule has 1 saturated carbocycles. The van der Waals surface area contributed by atoms with E-state index < -0.39 is 5.56 Å². The standard InChI is InChI=1S/C27H25N7O3.C4H8/c1-2-17(15-28)27(36)33-14-6-7-19(16-33)34-24-22(25(29)30-31-26(24)35)23(32-34)18-10-12-21(13-11-18)37-20-8-4-3-5-9-20;1-4-2-3-4/h2-5,8-13,19H,6-7,14,16H2,1H3,(H2,29,30)(H,31,35);4H,2-3H2,1H3/b17-2+;/t19-;/m1./s1. The van der Waals surface area contributed by atoms with Gasteiger partial charge in [-0.3, -0.25) is 14.3 Å². The van der Waals surface area contributed by atoms with Crippen molar-refractivity contribution in [3.8, 4) is 28.8 Å². The summed E-state index contributed by atoms with van der Waals surface area (Å²) < 4.78 is 7.54. The van der Waals surface area contributed by atoms with Crippen LogP contribution in [-0.2, 0) is 4.79 Å². The fraction of sp³-hybridized carbons (Fsp3) is 0.323. The van der Waals surface area contributed by atoms with Crippen LogP contribution in [-0.4, -0.2) is 43.9 Å². The van der Waals surface area contributed by atoms with E-state index in [0.29, 0.717) is 48.3 Å². The van der Waals surface area contributed by atoms with Gasteiger partial charge in [0.05, 0.1) is 11.4 Å². The molecule has 0 radical (unpaired) electrons. The number of aromatic nitrogens is 4. The number of benzene rings is 2. The first-order valence-electron chi connectivity index (χ1n) is 13.8. The van der Waals surface area contributed by atoms with E-state index in [1.807, 2.05) is 60.7 Å². The quantitative estimate of drug-likeness (QED) is 0.256. The van der Waals surface area contributed by atoms with E-state index in [4.69, 9.17) is 15.6 Å². The van der Waals surface area contributed by atoms with Gasteiger partial charge in [0.15, 0.2) is 5.82 Å². The Morgan fingerprint density at radius 3 is 2.44 bits per heavy atom. The largest absolute Gasteiger partial charge is 0.457 e. The molecular weight excluding hydrogens is 518 g/mol. The normalized spacial score (nSPS) is 17.0. The second-order valence-corrected chi connectivity index (χ2v) is 10.4. The lowest BCUT2D eigenvalue weighted by atomic mass is 10.0. The van der Waals surface area contributed by atoms with Gasteiger partial charge in [0.25, 0.3) is 11.5 Å². The van der Waals surface area contributed by atoms with E-state index >= 15 is 0 Å². The molecule has 2 aromatic carbocycles. The number of hydrogen-bond donors (Lipinski definition) is 2. The molecule has 6 rings (SSSR count). The van der Waals surface area contributed by atoms with Crippen LogP contribution in [0.1, 0.15) is 45.6 Å². The van der Waals surface area contributed by atoms with Gasteiger partial charge < -0.3 is 15.4 Å². The molecule has 1 atom stereocenters. The Morgan fingerprint density at radius 1 is 1.12 bits per heavy atom. The first kappa shape index (κ1) is 27.6. The van der Waals surface area contributed by atoms with Crippen LogP contribution in [0, 0.1) is 17.2 Å². The SMILES string of the molecule is C/C=C(\C#N)C(=O)N1CCC[C@@H](n2nc(-c3ccc(Oc4ccccc4)cc3)c3c(N)n[nH]c(=O)c32)C1.CC1CC1. The van der Waals surface area contributed by atoms with Crippen molar-refractivity contribution < 1.29 is 9.53 Å².